The molecule has 3 aromatic rings. The first-order valence-electron chi connectivity index (χ1n) is 9.76. The number of amides is 1. The van der Waals surface area contributed by atoms with Crippen LogP contribution in [0.5, 0.6) is 5.75 Å². The highest BCUT2D eigenvalue weighted by atomic mass is 16.6. The SMILES string of the molecule is COc1cc(-c2ccc3oc(=O)n(C)c3c2)ccc1C[C@@H](C#N)OC(=O)NC(C)(C)C. The number of ether oxygens (including phenoxy) is 2. The number of fused-ring (bicyclic) bond motifs is 1. The third kappa shape index (κ3) is 5.07. The Labute approximate surface area is 180 Å². The van der Waals surface area contributed by atoms with Gasteiger partial charge in [0.2, 0.25) is 0 Å². The number of hydrogen-bond donors (Lipinski definition) is 1. The van der Waals surface area contributed by atoms with Crippen LogP contribution in [-0.2, 0) is 18.2 Å². The summed E-state index contributed by atoms with van der Waals surface area (Å²) in [5.74, 6) is 0.150. The van der Waals surface area contributed by atoms with Crippen molar-refractivity contribution in [3.63, 3.8) is 0 Å². The van der Waals surface area contributed by atoms with Gasteiger partial charge in [-0.25, -0.2) is 9.59 Å². The van der Waals surface area contributed by atoms with Crippen molar-refractivity contribution < 1.29 is 18.7 Å². The predicted molar refractivity (Wildman–Crippen MR) is 116 cm³/mol. The van der Waals surface area contributed by atoms with Crippen LogP contribution in [0.15, 0.2) is 45.6 Å². The van der Waals surface area contributed by atoms with E-state index in [0.717, 1.165) is 16.7 Å². The molecule has 0 aliphatic rings. The van der Waals surface area contributed by atoms with Gasteiger partial charge in [-0.2, -0.15) is 5.26 Å². The summed E-state index contributed by atoms with van der Waals surface area (Å²) in [6, 6.07) is 13.1. The fourth-order valence-corrected chi connectivity index (χ4v) is 3.18. The third-order valence-electron chi connectivity index (χ3n) is 4.69. The van der Waals surface area contributed by atoms with Gasteiger partial charge in [0.25, 0.3) is 0 Å². The fourth-order valence-electron chi connectivity index (χ4n) is 3.18. The second-order valence-electron chi connectivity index (χ2n) is 8.24. The molecular weight excluding hydrogens is 398 g/mol. The van der Waals surface area contributed by atoms with E-state index in [1.54, 1.807) is 20.2 Å². The normalized spacial score (nSPS) is 12.3. The maximum atomic E-state index is 12.0. The molecule has 0 saturated carbocycles. The maximum Gasteiger partial charge on any atom is 0.419 e. The second-order valence-corrected chi connectivity index (χ2v) is 8.24. The van der Waals surface area contributed by atoms with Gasteiger partial charge >= 0.3 is 11.8 Å². The van der Waals surface area contributed by atoms with E-state index in [1.165, 1.54) is 4.57 Å². The van der Waals surface area contributed by atoms with Crippen LogP contribution in [0.2, 0.25) is 0 Å². The number of aryl methyl sites for hydroxylation is 1. The molecule has 0 bridgehead atoms. The first kappa shape index (κ1) is 22.0. The van der Waals surface area contributed by atoms with Gasteiger partial charge in [-0.3, -0.25) is 4.57 Å². The lowest BCUT2D eigenvalue weighted by Crippen LogP contribution is -2.42. The van der Waals surface area contributed by atoms with Crippen molar-refractivity contribution in [2.24, 2.45) is 7.05 Å². The summed E-state index contributed by atoms with van der Waals surface area (Å²) in [5, 5.41) is 12.1. The second kappa shape index (κ2) is 8.56. The van der Waals surface area contributed by atoms with E-state index in [9.17, 15) is 14.9 Å². The molecule has 0 aliphatic heterocycles. The predicted octanol–water partition coefficient (Wildman–Crippen LogP) is 3.77. The zero-order chi connectivity index (χ0) is 22.8. The molecule has 8 heteroatoms. The zero-order valence-electron chi connectivity index (χ0n) is 18.2. The Morgan fingerprint density at radius 3 is 2.55 bits per heavy atom. The van der Waals surface area contributed by atoms with Gasteiger partial charge in [0, 0.05) is 19.0 Å². The number of benzene rings is 2. The number of oxazole rings is 1. The monoisotopic (exact) mass is 423 g/mol. The standard InChI is InChI=1S/C23H25N3O5/c1-23(2,3)25-21(27)30-17(13-24)10-16-7-6-15(12-20(16)29-5)14-8-9-19-18(11-14)26(4)22(28)31-19/h6-9,11-12,17H,10H2,1-5H3,(H,25,27)/t17-/m0/s1. The quantitative estimate of drug-likeness (QED) is 0.670. The van der Waals surface area contributed by atoms with Gasteiger partial charge in [-0.1, -0.05) is 18.2 Å². The van der Waals surface area contributed by atoms with Crippen LogP contribution in [0.3, 0.4) is 0 Å². The van der Waals surface area contributed by atoms with Gasteiger partial charge in [0.1, 0.15) is 11.8 Å². The highest BCUT2D eigenvalue weighted by Crippen LogP contribution is 2.30. The topological polar surface area (TPSA) is 106 Å². The largest absolute Gasteiger partial charge is 0.496 e. The summed E-state index contributed by atoms with van der Waals surface area (Å²) in [6.07, 6.45) is -1.42. The van der Waals surface area contributed by atoms with Crippen LogP contribution in [-0.4, -0.2) is 29.4 Å². The Morgan fingerprint density at radius 1 is 1.23 bits per heavy atom. The van der Waals surface area contributed by atoms with Crippen molar-refractivity contribution in [1.82, 2.24) is 9.88 Å². The van der Waals surface area contributed by atoms with Crippen molar-refractivity contribution in [2.75, 3.05) is 7.11 Å². The van der Waals surface area contributed by atoms with Crippen LogP contribution >= 0.6 is 0 Å². The summed E-state index contributed by atoms with van der Waals surface area (Å²) in [4.78, 5) is 23.7. The number of nitrogens with zero attached hydrogens (tertiary/aromatic N) is 2. The number of nitrogens with one attached hydrogen (secondary N) is 1. The molecule has 8 nitrogen and oxygen atoms in total. The molecule has 31 heavy (non-hydrogen) atoms. The number of methoxy groups -OCH3 is 1. The van der Waals surface area contributed by atoms with E-state index in [-0.39, 0.29) is 6.42 Å². The summed E-state index contributed by atoms with van der Waals surface area (Å²) in [6.45, 7) is 5.49. The summed E-state index contributed by atoms with van der Waals surface area (Å²) < 4.78 is 17.4. The van der Waals surface area contributed by atoms with E-state index in [0.29, 0.717) is 16.8 Å². The highest BCUT2D eigenvalue weighted by molar-refractivity contribution is 5.81. The first-order chi connectivity index (χ1) is 14.6. The molecule has 1 aromatic heterocycles. The van der Waals surface area contributed by atoms with Gasteiger partial charge in [-0.05, 0) is 55.7 Å². The molecule has 1 atom stereocenters. The molecule has 2 aromatic carbocycles. The lowest BCUT2D eigenvalue weighted by Gasteiger charge is -2.21. The van der Waals surface area contributed by atoms with Gasteiger partial charge in [0.05, 0.1) is 12.6 Å². The Bertz CT molecular complexity index is 1210. The lowest BCUT2D eigenvalue weighted by atomic mass is 10.00. The smallest absolute Gasteiger partial charge is 0.419 e. The Morgan fingerprint density at radius 2 is 1.90 bits per heavy atom. The minimum Gasteiger partial charge on any atom is -0.496 e. The van der Waals surface area contributed by atoms with Gasteiger partial charge in [0.15, 0.2) is 11.7 Å². The number of nitriles is 1. The third-order valence-corrected chi connectivity index (χ3v) is 4.69. The van der Waals surface area contributed by atoms with Crippen LogP contribution in [0, 0.1) is 11.3 Å². The Hall–Kier alpha value is -3.73. The number of aromatic nitrogens is 1. The Kier molecular flexibility index (Phi) is 6.07. The first-order valence-corrected chi connectivity index (χ1v) is 9.76. The van der Waals surface area contributed by atoms with Crippen LogP contribution in [0.25, 0.3) is 22.2 Å². The Balaban J connectivity index is 1.84. The summed E-state index contributed by atoms with van der Waals surface area (Å²) >= 11 is 0. The molecule has 162 valence electrons. The lowest BCUT2D eigenvalue weighted by molar-refractivity contribution is 0.114. The fraction of sp³-hybridized carbons (Fsp3) is 0.348. The molecule has 1 amide bonds. The zero-order valence-corrected chi connectivity index (χ0v) is 18.2. The van der Waals surface area contributed by atoms with Crippen LogP contribution in [0.4, 0.5) is 4.79 Å². The summed E-state index contributed by atoms with van der Waals surface area (Å²) in [5.41, 5.74) is 3.23. The highest BCUT2D eigenvalue weighted by Gasteiger charge is 2.21. The average molecular weight is 423 g/mol. The minimum atomic E-state index is -0.959. The summed E-state index contributed by atoms with van der Waals surface area (Å²) in [7, 11) is 3.19. The van der Waals surface area contributed by atoms with E-state index in [2.05, 4.69) is 5.32 Å². The maximum absolute atomic E-state index is 12.0. The van der Waals surface area contributed by atoms with Crippen molar-refractivity contribution in [3.05, 3.63) is 52.5 Å². The number of carbonyl (C=O) groups is 1. The van der Waals surface area contributed by atoms with Crippen molar-refractivity contribution in [1.29, 1.82) is 5.26 Å². The van der Waals surface area contributed by atoms with Crippen molar-refractivity contribution >= 4 is 17.2 Å². The number of alkyl carbamates (subject to hydrolysis) is 1. The van der Waals surface area contributed by atoms with E-state index >= 15 is 0 Å². The van der Waals surface area contributed by atoms with Crippen LogP contribution in [0.1, 0.15) is 26.3 Å². The average Bonchev–Trinajstić information content (AvgIpc) is 2.99. The van der Waals surface area contributed by atoms with Gasteiger partial charge < -0.3 is 19.2 Å². The van der Waals surface area contributed by atoms with Crippen LogP contribution < -0.4 is 15.8 Å². The molecule has 0 unspecified atom stereocenters. The molecular formula is C23H25N3O5. The van der Waals surface area contributed by atoms with Crippen molar-refractivity contribution in [2.45, 2.75) is 38.8 Å². The minimum absolute atomic E-state index is 0.187. The number of carbonyl (C=O) groups excluding carboxylic acids is 1. The molecule has 0 aliphatic carbocycles. The van der Waals surface area contributed by atoms with Gasteiger partial charge in [-0.15, -0.1) is 0 Å². The molecule has 0 spiro atoms. The molecule has 0 radical (unpaired) electrons. The molecule has 1 heterocycles. The van der Waals surface area contributed by atoms with E-state index in [4.69, 9.17) is 13.9 Å². The molecule has 0 saturated heterocycles. The molecule has 1 N–H and O–H groups in total. The van der Waals surface area contributed by atoms with E-state index < -0.39 is 23.5 Å². The number of hydrogen-bond acceptors (Lipinski definition) is 6. The molecule has 0 fully saturated rings. The van der Waals surface area contributed by atoms with E-state index in [1.807, 2.05) is 57.2 Å². The molecule has 3 rings (SSSR count). The number of rotatable bonds is 5. The van der Waals surface area contributed by atoms with Crippen molar-refractivity contribution in [3.8, 4) is 22.9 Å².